The van der Waals surface area contributed by atoms with Crippen molar-refractivity contribution in [2.24, 2.45) is 0 Å². The Balaban J connectivity index is 2.31. The third-order valence-electron chi connectivity index (χ3n) is 2.29. The van der Waals surface area contributed by atoms with Gasteiger partial charge in [-0.3, -0.25) is 4.79 Å². The largest absolute Gasteiger partial charge is 0.438 e. The Kier molecular flexibility index (Phi) is 4.14. The highest BCUT2D eigenvalue weighted by molar-refractivity contribution is 9.11. The van der Waals surface area contributed by atoms with Crippen LogP contribution in [-0.2, 0) is 0 Å². The summed E-state index contributed by atoms with van der Waals surface area (Å²) in [6, 6.07) is 7.35. The molecule has 1 aromatic heterocycles. The molecular formula is C13H9Br2NO2. The number of ether oxygens (including phenoxy) is 1. The molecule has 5 heteroatoms. The van der Waals surface area contributed by atoms with Gasteiger partial charge in [0.05, 0.1) is 4.47 Å². The van der Waals surface area contributed by atoms with E-state index in [4.69, 9.17) is 4.74 Å². The average Bonchev–Trinajstić information content (AvgIpc) is 2.34. The predicted octanol–water partition coefficient (Wildman–Crippen LogP) is 4.52. The predicted molar refractivity (Wildman–Crippen MR) is 76.3 cm³/mol. The van der Waals surface area contributed by atoms with Crippen molar-refractivity contribution < 1.29 is 9.53 Å². The molecule has 92 valence electrons. The first kappa shape index (κ1) is 13.2. The summed E-state index contributed by atoms with van der Waals surface area (Å²) in [5.41, 5.74) is 1.35. The third kappa shape index (κ3) is 2.97. The topological polar surface area (TPSA) is 39.2 Å². The molecule has 0 aliphatic heterocycles. The van der Waals surface area contributed by atoms with E-state index in [0.717, 1.165) is 20.8 Å². The van der Waals surface area contributed by atoms with Crippen LogP contribution < -0.4 is 4.74 Å². The molecule has 0 amide bonds. The monoisotopic (exact) mass is 369 g/mol. The molecule has 1 heterocycles. The van der Waals surface area contributed by atoms with Crippen molar-refractivity contribution in [1.29, 1.82) is 0 Å². The number of pyridine rings is 1. The van der Waals surface area contributed by atoms with E-state index < -0.39 is 0 Å². The van der Waals surface area contributed by atoms with E-state index in [-0.39, 0.29) is 0 Å². The summed E-state index contributed by atoms with van der Waals surface area (Å²) in [6.45, 7) is 1.85. The van der Waals surface area contributed by atoms with E-state index in [0.29, 0.717) is 17.2 Å². The minimum Gasteiger partial charge on any atom is -0.438 e. The minimum absolute atomic E-state index is 0.489. The lowest BCUT2D eigenvalue weighted by Gasteiger charge is -2.09. The number of aromatic nitrogens is 1. The summed E-state index contributed by atoms with van der Waals surface area (Å²) in [6.07, 6.45) is 2.25. The highest BCUT2D eigenvalue weighted by Gasteiger charge is 2.07. The van der Waals surface area contributed by atoms with Gasteiger partial charge in [0.1, 0.15) is 5.75 Å². The molecule has 0 atom stereocenters. The van der Waals surface area contributed by atoms with Crippen molar-refractivity contribution in [3.63, 3.8) is 0 Å². The number of benzene rings is 1. The third-order valence-corrected chi connectivity index (χ3v) is 3.40. The van der Waals surface area contributed by atoms with E-state index in [1.54, 1.807) is 6.07 Å². The maximum atomic E-state index is 10.6. The van der Waals surface area contributed by atoms with Gasteiger partial charge in [-0.15, -0.1) is 0 Å². The fourth-order valence-electron chi connectivity index (χ4n) is 1.42. The van der Waals surface area contributed by atoms with Gasteiger partial charge in [-0.2, -0.15) is 0 Å². The van der Waals surface area contributed by atoms with Gasteiger partial charge in [0.2, 0.25) is 5.88 Å². The summed E-state index contributed by atoms with van der Waals surface area (Å²) < 4.78 is 7.49. The molecule has 0 radical (unpaired) electrons. The fraction of sp³-hybridized carbons (Fsp3) is 0.0769. The highest BCUT2D eigenvalue weighted by atomic mass is 79.9. The minimum atomic E-state index is 0.489. The zero-order chi connectivity index (χ0) is 13.1. The fourth-order valence-corrected chi connectivity index (χ4v) is 2.55. The Morgan fingerprint density at radius 2 is 2.06 bits per heavy atom. The van der Waals surface area contributed by atoms with Gasteiger partial charge in [-0.25, -0.2) is 4.98 Å². The van der Waals surface area contributed by atoms with Gasteiger partial charge in [0, 0.05) is 21.8 Å². The number of nitrogens with zero attached hydrogens (tertiary/aromatic N) is 1. The van der Waals surface area contributed by atoms with Crippen LogP contribution in [0.5, 0.6) is 11.6 Å². The second-order valence-electron chi connectivity index (χ2n) is 3.69. The lowest BCUT2D eigenvalue weighted by atomic mass is 10.2. The molecule has 2 aromatic rings. The molecule has 2 rings (SSSR count). The summed E-state index contributed by atoms with van der Waals surface area (Å²) >= 11 is 6.79. The lowest BCUT2D eigenvalue weighted by Crippen LogP contribution is -1.94. The number of carbonyl (C=O) groups is 1. The van der Waals surface area contributed by atoms with Gasteiger partial charge in [-0.05, 0) is 47.1 Å². The summed E-state index contributed by atoms with van der Waals surface area (Å²) in [5.74, 6) is 1.16. The van der Waals surface area contributed by atoms with Crippen LogP contribution in [0.15, 0.2) is 39.4 Å². The van der Waals surface area contributed by atoms with Crippen LogP contribution in [0.1, 0.15) is 15.9 Å². The van der Waals surface area contributed by atoms with E-state index in [1.807, 2.05) is 25.1 Å². The molecule has 0 N–H and O–H groups in total. The van der Waals surface area contributed by atoms with Crippen LogP contribution in [0.4, 0.5) is 0 Å². The quantitative estimate of drug-likeness (QED) is 0.745. The Morgan fingerprint density at radius 1 is 1.28 bits per heavy atom. The van der Waals surface area contributed by atoms with Gasteiger partial charge in [-0.1, -0.05) is 15.9 Å². The Labute approximate surface area is 121 Å². The van der Waals surface area contributed by atoms with E-state index in [2.05, 4.69) is 36.8 Å². The summed E-state index contributed by atoms with van der Waals surface area (Å²) in [4.78, 5) is 14.7. The number of hydrogen-bond donors (Lipinski definition) is 0. The number of rotatable bonds is 3. The van der Waals surface area contributed by atoms with Gasteiger partial charge in [0.25, 0.3) is 0 Å². The number of aryl methyl sites for hydroxylation is 1. The van der Waals surface area contributed by atoms with Crippen LogP contribution in [0.3, 0.4) is 0 Å². The van der Waals surface area contributed by atoms with E-state index in [1.165, 1.54) is 6.20 Å². The summed E-state index contributed by atoms with van der Waals surface area (Å²) in [5, 5.41) is 0. The molecule has 18 heavy (non-hydrogen) atoms. The molecule has 3 nitrogen and oxygen atoms in total. The van der Waals surface area contributed by atoms with Crippen molar-refractivity contribution in [3.8, 4) is 11.6 Å². The van der Waals surface area contributed by atoms with Gasteiger partial charge in [0.15, 0.2) is 6.29 Å². The molecule has 0 saturated heterocycles. The summed E-state index contributed by atoms with van der Waals surface area (Å²) in [7, 11) is 0. The van der Waals surface area contributed by atoms with E-state index >= 15 is 0 Å². The maximum absolute atomic E-state index is 10.6. The van der Waals surface area contributed by atoms with Crippen LogP contribution in [-0.4, -0.2) is 11.3 Å². The average molecular weight is 371 g/mol. The lowest BCUT2D eigenvalue weighted by molar-refractivity contribution is 0.112. The molecule has 0 aliphatic rings. The van der Waals surface area contributed by atoms with E-state index in [9.17, 15) is 4.79 Å². The number of halogens is 2. The zero-order valence-electron chi connectivity index (χ0n) is 9.48. The highest BCUT2D eigenvalue weighted by Crippen LogP contribution is 2.32. The van der Waals surface area contributed by atoms with Crippen molar-refractivity contribution >= 4 is 38.1 Å². The molecule has 0 unspecified atom stereocenters. The Morgan fingerprint density at radius 3 is 2.67 bits per heavy atom. The smallest absolute Gasteiger partial charge is 0.222 e. The van der Waals surface area contributed by atoms with Crippen molar-refractivity contribution in [1.82, 2.24) is 4.98 Å². The van der Waals surface area contributed by atoms with Crippen molar-refractivity contribution in [3.05, 3.63) is 50.5 Å². The van der Waals surface area contributed by atoms with Crippen LogP contribution >= 0.6 is 31.9 Å². The molecule has 1 aromatic carbocycles. The standard InChI is InChI=1S/C13H9Br2NO2/c1-8-4-9(7-17)6-16-13(8)18-12-3-2-10(14)5-11(12)15/h2-7H,1H3. The number of carbonyl (C=O) groups excluding carboxylic acids is 1. The second-order valence-corrected chi connectivity index (χ2v) is 5.46. The Hall–Kier alpha value is -1.20. The van der Waals surface area contributed by atoms with Crippen LogP contribution in [0.25, 0.3) is 0 Å². The number of aldehydes is 1. The molecular weight excluding hydrogens is 362 g/mol. The van der Waals surface area contributed by atoms with Crippen molar-refractivity contribution in [2.45, 2.75) is 6.92 Å². The zero-order valence-corrected chi connectivity index (χ0v) is 12.7. The SMILES string of the molecule is Cc1cc(C=O)cnc1Oc1ccc(Br)cc1Br. The second kappa shape index (κ2) is 5.63. The molecule has 0 saturated carbocycles. The van der Waals surface area contributed by atoms with Crippen LogP contribution in [0, 0.1) is 6.92 Å². The number of hydrogen-bond acceptors (Lipinski definition) is 3. The molecule has 0 bridgehead atoms. The molecule has 0 fully saturated rings. The Bertz CT molecular complexity index is 600. The van der Waals surface area contributed by atoms with Gasteiger partial charge < -0.3 is 4.74 Å². The molecule has 0 spiro atoms. The normalized spacial score (nSPS) is 10.2. The first-order chi connectivity index (χ1) is 8.60. The molecule has 0 aliphatic carbocycles. The van der Waals surface area contributed by atoms with Crippen molar-refractivity contribution in [2.75, 3.05) is 0 Å². The first-order valence-corrected chi connectivity index (χ1v) is 6.73. The maximum Gasteiger partial charge on any atom is 0.222 e. The van der Waals surface area contributed by atoms with Gasteiger partial charge >= 0.3 is 0 Å². The first-order valence-electron chi connectivity index (χ1n) is 5.15. The van der Waals surface area contributed by atoms with Crippen LogP contribution in [0.2, 0.25) is 0 Å².